The molecule has 0 bridgehead atoms. The molecule has 0 spiro atoms. The monoisotopic (exact) mass is 261 g/mol. The van der Waals surface area contributed by atoms with Crippen LogP contribution in [-0.4, -0.2) is 29.4 Å². The lowest BCUT2D eigenvalue weighted by atomic mass is 10.2. The zero-order valence-corrected chi connectivity index (χ0v) is 11.3. The second-order valence-corrected chi connectivity index (χ2v) is 4.99. The Bertz CT molecular complexity index is 482. The zero-order valence-electron chi connectivity index (χ0n) is 11.3. The van der Waals surface area contributed by atoms with Gasteiger partial charge in [-0.05, 0) is 44.5 Å². The first kappa shape index (κ1) is 13.4. The summed E-state index contributed by atoms with van der Waals surface area (Å²) < 4.78 is 0. The molecule has 2 rings (SSSR count). The van der Waals surface area contributed by atoms with E-state index in [9.17, 15) is 9.59 Å². The second kappa shape index (κ2) is 5.30. The number of hydrogen-bond acceptors (Lipinski definition) is 3. The molecule has 1 heterocycles. The van der Waals surface area contributed by atoms with Gasteiger partial charge in [0.15, 0.2) is 0 Å². The van der Waals surface area contributed by atoms with Crippen molar-refractivity contribution in [2.75, 3.05) is 17.2 Å². The number of imide groups is 1. The van der Waals surface area contributed by atoms with Gasteiger partial charge in [-0.1, -0.05) is 0 Å². The molecule has 1 aliphatic heterocycles. The number of rotatable bonds is 2. The number of carbonyl (C=O) groups is 2. The van der Waals surface area contributed by atoms with Gasteiger partial charge in [-0.25, -0.2) is 9.69 Å². The second-order valence-electron chi connectivity index (χ2n) is 4.99. The molecule has 1 aliphatic rings. The summed E-state index contributed by atoms with van der Waals surface area (Å²) in [5.41, 5.74) is 6.82. The highest BCUT2D eigenvalue weighted by Gasteiger charge is 2.31. The van der Waals surface area contributed by atoms with Crippen LogP contribution in [0.3, 0.4) is 0 Å². The fourth-order valence-corrected chi connectivity index (χ4v) is 2.20. The van der Waals surface area contributed by atoms with E-state index in [2.05, 4.69) is 0 Å². The number of nitrogens with two attached hydrogens (primary N) is 1. The molecule has 0 aromatic heterocycles. The predicted molar refractivity (Wildman–Crippen MR) is 74.8 cm³/mol. The van der Waals surface area contributed by atoms with Crippen LogP contribution < -0.4 is 10.6 Å². The Hall–Kier alpha value is -2.04. The fraction of sp³-hybridized carbons (Fsp3) is 0.429. The van der Waals surface area contributed by atoms with Crippen molar-refractivity contribution in [3.05, 3.63) is 24.3 Å². The lowest BCUT2D eigenvalue weighted by Crippen LogP contribution is -2.47. The van der Waals surface area contributed by atoms with E-state index >= 15 is 0 Å². The van der Waals surface area contributed by atoms with Crippen molar-refractivity contribution >= 4 is 23.3 Å². The third kappa shape index (κ3) is 2.70. The van der Waals surface area contributed by atoms with E-state index in [0.29, 0.717) is 30.8 Å². The van der Waals surface area contributed by atoms with Crippen LogP contribution in [-0.2, 0) is 4.79 Å². The lowest BCUT2D eigenvalue weighted by Gasteiger charge is -2.29. The molecule has 0 atom stereocenters. The molecule has 1 aromatic rings. The van der Waals surface area contributed by atoms with Gasteiger partial charge in [0.2, 0.25) is 5.91 Å². The Morgan fingerprint density at radius 3 is 2.37 bits per heavy atom. The molecule has 19 heavy (non-hydrogen) atoms. The molecule has 1 saturated heterocycles. The number of benzene rings is 1. The van der Waals surface area contributed by atoms with Crippen molar-refractivity contribution in [1.29, 1.82) is 0 Å². The molecule has 2 N–H and O–H groups in total. The Labute approximate surface area is 113 Å². The topological polar surface area (TPSA) is 66.6 Å². The summed E-state index contributed by atoms with van der Waals surface area (Å²) in [6, 6.07) is 6.63. The average Bonchev–Trinajstić information content (AvgIpc) is 2.50. The lowest BCUT2D eigenvalue weighted by molar-refractivity contribution is -0.117. The van der Waals surface area contributed by atoms with E-state index in [1.807, 2.05) is 13.8 Å². The number of nitrogens with zero attached hydrogens (tertiary/aromatic N) is 2. The van der Waals surface area contributed by atoms with Gasteiger partial charge in [0.05, 0.1) is 5.69 Å². The maximum Gasteiger partial charge on any atom is 0.331 e. The number of carbonyl (C=O) groups excluding carboxylic acids is 2. The average molecular weight is 261 g/mol. The van der Waals surface area contributed by atoms with Crippen LogP contribution in [0.5, 0.6) is 0 Å². The molecule has 0 unspecified atom stereocenters. The maximum absolute atomic E-state index is 12.5. The molecule has 1 fully saturated rings. The van der Waals surface area contributed by atoms with Gasteiger partial charge in [0.1, 0.15) is 0 Å². The minimum absolute atomic E-state index is 0.0784. The first-order chi connectivity index (χ1) is 9.00. The Balaban J connectivity index is 2.36. The van der Waals surface area contributed by atoms with E-state index < -0.39 is 0 Å². The molecular weight excluding hydrogens is 242 g/mol. The van der Waals surface area contributed by atoms with Crippen LogP contribution in [0, 0.1) is 0 Å². The third-order valence-corrected chi connectivity index (χ3v) is 3.25. The molecule has 5 heteroatoms. The van der Waals surface area contributed by atoms with E-state index in [1.165, 1.54) is 4.90 Å². The Morgan fingerprint density at radius 2 is 1.79 bits per heavy atom. The quantitative estimate of drug-likeness (QED) is 0.830. The van der Waals surface area contributed by atoms with E-state index in [1.54, 1.807) is 29.2 Å². The standard InChI is InChI=1S/C14H19N3O2/c1-10(2)16-9-3-4-13(18)17(14(16)19)12-7-5-11(15)6-8-12/h5-8,10H,3-4,9,15H2,1-2H3. The van der Waals surface area contributed by atoms with Crippen LogP contribution in [0.1, 0.15) is 26.7 Å². The van der Waals surface area contributed by atoms with Gasteiger partial charge in [-0.2, -0.15) is 0 Å². The van der Waals surface area contributed by atoms with E-state index in [0.717, 1.165) is 0 Å². The summed E-state index contributed by atoms with van der Waals surface area (Å²) in [6.07, 6.45) is 1.09. The minimum Gasteiger partial charge on any atom is -0.399 e. The highest BCUT2D eigenvalue weighted by Crippen LogP contribution is 2.23. The number of amides is 3. The van der Waals surface area contributed by atoms with Crippen molar-refractivity contribution < 1.29 is 9.59 Å². The normalized spacial score (nSPS) is 17.0. The minimum atomic E-state index is -0.248. The summed E-state index contributed by atoms with van der Waals surface area (Å²) in [5.74, 6) is -0.155. The number of urea groups is 1. The Kier molecular flexibility index (Phi) is 3.74. The fourth-order valence-electron chi connectivity index (χ4n) is 2.20. The summed E-state index contributed by atoms with van der Waals surface area (Å²) in [6.45, 7) is 4.53. The van der Waals surface area contributed by atoms with Crippen LogP contribution in [0.15, 0.2) is 24.3 Å². The molecule has 1 aromatic carbocycles. The van der Waals surface area contributed by atoms with Gasteiger partial charge in [-0.15, -0.1) is 0 Å². The molecule has 0 aliphatic carbocycles. The van der Waals surface area contributed by atoms with Gasteiger partial charge in [0.25, 0.3) is 0 Å². The molecule has 0 saturated carbocycles. The van der Waals surface area contributed by atoms with Crippen molar-refractivity contribution in [2.45, 2.75) is 32.7 Å². The smallest absolute Gasteiger partial charge is 0.331 e. The predicted octanol–water partition coefficient (Wildman–Crippen LogP) is 2.23. The molecule has 102 valence electrons. The molecule has 5 nitrogen and oxygen atoms in total. The highest BCUT2D eigenvalue weighted by atomic mass is 16.2. The van der Waals surface area contributed by atoms with Crippen molar-refractivity contribution in [2.24, 2.45) is 0 Å². The Morgan fingerprint density at radius 1 is 1.16 bits per heavy atom. The third-order valence-electron chi connectivity index (χ3n) is 3.25. The van der Waals surface area contributed by atoms with Gasteiger partial charge >= 0.3 is 6.03 Å². The first-order valence-corrected chi connectivity index (χ1v) is 6.50. The van der Waals surface area contributed by atoms with Crippen LogP contribution in [0.25, 0.3) is 0 Å². The van der Waals surface area contributed by atoms with Gasteiger partial charge < -0.3 is 10.6 Å². The summed E-state index contributed by atoms with van der Waals surface area (Å²) in [4.78, 5) is 27.6. The molecule has 3 amide bonds. The van der Waals surface area contributed by atoms with E-state index in [-0.39, 0.29) is 18.0 Å². The van der Waals surface area contributed by atoms with Crippen molar-refractivity contribution in [3.8, 4) is 0 Å². The summed E-state index contributed by atoms with van der Waals surface area (Å²) in [5, 5.41) is 0. The largest absolute Gasteiger partial charge is 0.399 e. The van der Waals surface area contributed by atoms with Crippen LogP contribution in [0.2, 0.25) is 0 Å². The van der Waals surface area contributed by atoms with Crippen molar-refractivity contribution in [3.63, 3.8) is 0 Å². The number of nitrogen functional groups attached to an aromatic ring is 1. The first-order valence-electron chi connectivity index (χ1n) is 6.50. The summed E-state index contributed by atoms with van der Waals surface area (Å²) >= 11 is 0. The number of hydrogen-bond donors (Lipinski definition) is 1. The zero-order chi connectivity index (χ0) is 14.0. The van der Waals surface area contributed by atoms with Crippen molar-refractivity contribution in [1.82, 2.24) is 4.90 Å². The van der Waals surface area contributed by atoms with Crippen LogP contribution >= 0.6 is 0 Å². The summed E-state index contributed by atoms with van der Waals surface area (Å²) in [7, 11) is 0. The highest BCUT2D eigenvalue weighted by molar-refractivity contribution is 6.14. The van der Waals surface area contributed by atoms with E-state index in [4.69, 9.17) is 5.73 Å². The van der Waals surface area contributed by atoms with Gasteiger partial charge in [0, 0.05) is 24.7 Å². The SMILES string of the molecule is CC(C)N1CCCC(=O)N(c2ccc(N)cc2)C1=O. The number of anilines is 2. The van der Waals surface area contributed by atoms with Crippen LogP contribution in [0.4, 0.5) is 16.2 Å². The maximum atomic E-state index is 12.5. The molecule has 0 radical (unpaired) electrons. The van der Waals surface area contributed by atoms with Gasteiger partial charge in [-0.3, -0.25) is 4.79 Å². The molecular formula is C14H19N3O2.